The van der Waals surface area contributed by atoms with Crippen molar-refractivity contribution in [1.29, 1.82) is 0 Å². The van der Waals surface area contributed by atoms with Crippen LogP contribution in [0.1, 0.15) is 25.0 Å². The van der Waals surface area contributed by atoms with E-state index in [1.54, 1.807) is 48.5 Å². The van der Waals surface area contributed by atoms with Gasteiger partial charge in [-0.3, -0.25) is 0 Å². The van der Waals surface area contributed by atoms with Crippen molar-refractivity contribution in [2.75, 3.05) is 0 Å². The van der Waals surface area contributed by atoms with Crippen LogP contribution in [0, 0.1) is 0 Å². The molecule has 0 aliphatic rings. The lowest BCUT2D eigenvalue weighted by Gasteiger charge is -2.31. The topological polar surface area (TPSA) is 77.4 Å². The van der Waals surface area contributed by atoms with Gasteiger partial charge in [-0.05, 0) is 13.8 Å². The number of hydrogen-bond acceptors (Lipinski definition) is 6. The van der Waals surface area contributed by atoms with Gasteiger partial charge in [-0.15, -0.1) is 0 Å². The summed E-state index contributed by atoms with van der Waals surface area (Å²) in [6.45, 7) is 2.93. The first-order valence-corrected chi connectivity index (χ1v) is 6.67. The molecule has 0 spiro atoms. The van der Waals surface area contributed by atoms with Gasteiger partial charge in [0.2, 0.25) is 0 Å². The highest BCUT2D eigenvalue weighted by molar-refractivity contribution is 5.20. The average Bonchev–Trinajstić information content (AvgIpc) is 2.61. The zero-order chi connectivity index (χ0) is 16.1. The Morgan fingerprint density at radius 3 is 1.23 bits per heavy atom. The van der Waals surface area contributed by atoms with Crippen LogP contribution in [0.4, 0.5) is 0 Å². The van der Waals surface area contributed by atoms with Gasteiger partial charge in [0.05, 0.1) is 0 Å². The van der Waals surface area contributed by atoms with Gasteiger partial charge in [0.1, 0.15) is 0 Å². The summed E-state index contributed by atoms with van der Waals surface area (Å²) in [6.07, 6.45) is 0. The standard InChI is InChI=1S/C16H18O6/c1-15(19-17,13-9-5-3-6-10-13)21-22-16(2,20-18)14-11-7-4-8-12-14/h3-12,17-18H,1-2H3. The van der Waals surface area contributed by atoms with Gasteiger partial charge in [0, 0.05) is 11.1 Å². The van der Waals surface area contributed by atoms with Crippen molar-refractivity contribution in [2.45, 2.75) is 25.4 Å². The fourth-order valence-corrected chi connectivity index (χ4v) is 1.87. The van der Waals surface area contributed by atoms with Gasteiger partial charge in [-0.1, -0.05) is 60.7 Å². The van der Waals surface area contributed by atoms with Gasteiger partial charge < -0.3 is 0 Å². The molecule has 22 heavy (non-hydrogen) atoms. The van der Waals surface area contributed by atoms with E-state index in [2.05, 4.69) is 9.78 Å². The molecule has 0 bridgehead atoms. The highest BCUT2D eigenvalue weighted by Crippen LogP contribution is 2.32. The molecule has 0 aliphatic heterocycles. The van der Waals surface area contributed by atoms with E-state index in [-0.39, 0.29) is 0 Å². The van der Waals surface area contributed by atoms with Gasteiger partial charge in [-0.2, -0.15) is 19.6 Å². The quantitative estimate of drug-likeness (QED) is 0.462. The van der Waals surface area contributed by atoms with Crippen molar-refractivity contribution in [2.24, 2.45) is 0 Å². The molecule has 0 aliphatic carbocycles. The Morgan fingerprint density at radius 1 is 0.636 bits per heavy atom. The number of hydrogen-bond donors (Lipinski definition) is 2. The second kappa shape index (κ2) is 6.97. The van der Waals surface area contributed by atoms with Crippen molar-refractivity contribution < 1.29 is 30.1 Å². The van der Waals surface area contributed by atoms with E-state index in [1.807, 2.05) is 12.1 Å². The Labute approximate surface area is 128 Å². The summed E-state index contributed by atoms with van der Waals surface area (Å²) < 4.78 is 0. The molecule has 0 amide bonds. The van der Waals surface area contributed by atoms with Crippen molar-refractivity contribution in [3.05, 3.63) is 71.8 Å². The molecular formula is C16H18O6. The Kier molecular flexibility index (Phi) is 5.25. The molecule has 2 N–H and O–H groups in total. The second-order valence-electron chi connectivity index (χ2n) is 4.97. The molecule has 2 atom stereocenters. The lowest BCUT2D eigenvalue weighted by Crippen LogP contribution is -2.36. The van der Waals surface area contributed by atoms with Crippen molar-refractivity contribution in [3.8, 4) is 0 Å². The molecule has 0 saturated heterocycles. The van der Waals surface area contributed by atoms with E-state index in [0.29, 0.717) is 11.1 Å². The van der Waals surface area contributed by atoms with Crippen LogP contribution in [0.3, 0.4) is 0 Å². The van der Waals surface area contributed by atoms with E-state index >= 15 is 0 Å². The molecule has 0 aromatic heterocycles. The maximum Gasteiger partial charge on any atom is 0.256 e. The predicted octanol–water partition coefficient (Wildman–Crippen LogP) is 3.66. The Hall–Kier alpha value is -1.80. The van der Waals surface area contributed by atoms with Crippen LogP contribution >= 0.6 is 0 Å². The minimum atomic E-state index is -1.59. The fourth-order valence-electron chi connectivity index (χ4n) is 1.87. The molecule has 0 heterocycles. The maximum absolute atomic E-state index is 9.17. The van der Waals surface area contributed by atoms with Crippen LogP contribution in [0.25, 0.3) is 0 Å². The summed E-state index contributed by atoms with van der Waals surface area (Å²) in [5, 5.41) is 18.3. The van der Waals surface area contributed by atoms with E-state index < -0.39 is 11.6 Å². The zero-order valence-electron chi connectivity index (χ0n) is 12.3. The largest absolute Gasteiger partial charge is 0.256 e. The Balaban J connectivity index is 2.18. The van der Waals surface area contributed by atoms with Crippen molar-refractivity contribution >= 4 is 0 Å². The van der Waals surface area contributed by atoms with Gasteiger partial charge in [-0.25, -0.2) is 10.5 Å². The monoisotopic (exact) mass is 306 g/mol. The predicted molar refractivity (Wildman–Crippen MR) is 77.2 cm³/mol. The molecule has 2 rings (SSSR count). The maximum atomic E-state index is 9.17. The van der Waals surface area contributed by atoms with E-state index in [4.69, 9.17) is 9.78 Å². The molecule has 2 aromatic carbocycles. The third kappa shape index (κ3) is 3.50. The first kappa shape index (κ1) is 16.6. The van der Waals surface area contributed by atoms with Crippen molar-refractivity contribution in [3.63, 3.8) is 0 Å². The molecule has 0 radical (unpaired) electrons. The van der Waals surface area contributed by atoms with E-state index in [1.165, 1.54) is 13.8 Å². The summed E-state index contributed by atoms with van der Waals surface area (Å²) in [7, 11) is 0. The highest BCUT2D eigenvalue weighted by Gasteiger charge is 2.38. The van der Waals surface area contributed by atoms with Crippen LogP contribution in [-0.4, -0.2) is 10.5 Å². The molecule has 0 saturated carbocycles. The lowest BCUT2D eigenvalue weighted by molar-refractivity contribution is -0.577. The molecule has 118 valence electrons. The Bertz CT molecular complexity index is 522. The van der Waals surface area contributed by atoms with Gasteiger partial charge in [0.15, 0.2) is 0 Å². The zero-order valence-corrected chi connectivity index (χ0v) is 12.3. The molecule has 6 heteroatoms. The fraction of sp³-hybridized carbons (Fsp3) is 0.250. The third-order valence-corrected chi connectivity index (χ3v) is 3.30. The minimum Gasteiger partial charge on any atom is -0.248 e. The van der Waals surface area contributed by atoms with Crippen LogP contribution in [0.15, 0.2) is 60.7 Å². The van der Waals surface area contributed by atoms with Crippen LogP contribution < -0.4 is 0 Å². The summed E-state index contributed by atoms with van der Waals surface area (Å²) in [6, 6.07) is 17.4. The summed E-state index contributed by atoms with van der Waals surface area (Å²) in [5.74, 6) is -3.17. The lowest BCUT2D eigenvalue weighted by atomic mass is 10.1. The molecular weight excluding hydrogens is 288 g/mol. The molecule has 2 aromatic rings. The highest BCUT2D eigenvalue weighted by atomic mass is 17.3. The Morgan fingerprint density at radius 2 is 0.955 bits per heavy atom. The van der Waals surface area contributed by atoms with Crippen LogP contribution in [0.2, 0.25) is 0 Å². The second-order valence-corrected chi connectivity index (χ2v) is 4.97. The molecule has 0 fully saturated rings. The first-order valence-electron chi connectivity index (χ1n) is 6.67. The summed E-state index contributed by atoms with van der Waals surface area (Å²) >= 11 is 0. The van der Waals surface area contributed by atoms with E-state index in [0.717, 1.165) is 0 Å². The molecule has 6 nitrogen and oxygen atoms in total. The summed E-state index contributed by atoms with van der Waals surface area (Å²) in [5.41, 5.74) is 1.04. The van der Waals surface area contributed by atoms with E-state index in [9.17, 15) is 10.5 Å². The number of benzene rings is 2. The first-order chi connectivity index (χ1) is 10.5. The normalized spacial score (nSPS) is 16.7. The third-order valence-electron chi connectivity index (χ3n) is 3.30. The van der Waals surface area contributed by atoms with Crippen molar-refractivity contribution in [1.82, 2.24) is 0 Å². The van der Waals surface area contributed by atoms with Crippen LogP contribution in [0.5, 0.6) is 0 Å². The van der Waals surface area contributed by atoms with Gasteiger partial charge >= 0.3 is 0 Å². The smallest absolute Gasteiger partial charge is 0.248 e. The average molecular weight is 306 g/mol. The number of rotatable bonds is 7. The van der Waals surface area contributed by atoms with Crippen LogP contribution in [-0.2, 0) is 31.1 Å². The molecule has 2 unspecified atom stereocenters. The SMILES string of the molecule is CC(OO)(OOC(C)(OO)c1ccccc1)c1ccccc1. The summed E-state index contributed by atoms with van der Waals surface area (Å²) in [4.78, 5) is 19.3. The minimum absolute atomic E-state index is 0.519. The van der Waals surface area contributed by atoms with Gasteiger partial charge in [0.25, 0.3) is 11.6 Å².